The second-order valence-corrected chi connectivity index (χ2v) is 5.78. The molecule has 19 heavy (non-hydrogen) atoms. The molecule has 108 valence electrons. The van der Waals surface area contributed by atoms with Crippen LogP contribution in [0.1, 0.15) is 32.6 Å². The molecule has 0 spiro atoms. The zero-order valence-corrected chi connectivity index (χ0v) is 11.8. The van der Waals surface area contributed by atoms with Gasteiger partial charge in [0, 0.05) is 39.0 Å². The van der Waals surface area contributed by atoms with Crippen LogP contribution in [-0.2, 0) is 9.59 Å². The van der Waals surface area contributed by atoms with Crippen LogP contribution < -0.4 is 5.73 Å². The third-order valence-electron chi connectivity index (χ3n) is 4.57. The van der Waals surface area contributed by atoms with E-state index < -0.39 is 0 Å². The molecule has 2 aliphatic rings. The van der Waals surface area contributed by atoms with Gasteiger partial charge in [0.05, 0.1) is 0 Å². The van der Waals surface area contributed by atoms with Crippen LogP contribution in [0.4, 0.5) is 0 Å². The van der Waals surface area contributed by atoms with E-state index >= 15 is 0 Å². The molecule has 1 aliphatic heterocycles. The molecule has 2 rings (SSSR count). The van der Waals surface area contributed by atoms with Gasteiger partial charge in [-0.3, -0.25) is 9.59 Å². The van der Waals surface area contributed by atoms with Crippen molar-refractivity contribution in [2.75, 3.05) is 32.7 Å². The second-order valence-electron chi connectivity index (χ2n) is 5.78. The Bertz CT molecular complexity index is 330. The number of piperazine rings is 1. The van der Waals surface area contributed by atoms with Crippen LogP contribution in [0.5, 0.6) is 0 Å². The Kier molecular flexibility index (Phi) is 4.80. The summed E-state index contributed by atoms with van der Waals surface area (Å²) in [7, 11) is 0. The first kappa shape index (κ1) is 14.3. The molecule has 1 heterocycles. The summed E-state index contributed by atoms with van der Waals surface area (Å²) in [4.78, 5) is 27.4. The fourth-order valence-corrected chi connectivity index (χ4v) is 3.15. The van der Waals surface area contributed by atoms with Crippen molar-refractivity contribution in [1.82, 2.24) is 9.80 Å². The fourth-order valence-electron chi connectivity index (χ4n) is 3.15. The van der Waals surface area contributed by atoms with Gasteiger partial charge >= 0.3 is 0 Å². The average Bonchev–Trinajstić information content (AvgIpc) is 2.46. The summed E-state index contributed by atoms with van der Waals surface area (Å²) in [6.07, 6.45) is 4.13. The summed E-state index contributed by atoms with van der Waals surface area (Å²) in [6.45, 7) is 5.08. The molecule has 1 saturated carbocycles. The van der Waals surface area contributed by atoms with Gasteiger partial charge in [-0.05, 0) is 38.1 Å². The zero-order valence-electron chi connectivity index (χ0n) is 11.8. The lowest BCUT2D eigenvalue weighted by molar-refractivity contribution is -0.142. The van der Waals surface area contributed by atoms with Crippen LogP contribution >= 0.6 is 0 Å². The number of hydrogen-bond acceptors (Lipinski definition) is 3. The minimum atomic E-state index is 0.107. The fraction of sp³-hybridized carbons (Fsp3) is 0.857. The van der Waals surface area contributed by atoms with Crippen LogP contribution in [0.15, 0.2) is 0 Å². The summed E-state index contributed by atoms with van der Waals surface area (Å²) in [6, 6.07) is 0. The van der Waals surface area contributed by atoms with E-state index in [1.165, 1.54) is 0 Å². The van der Waals surface area contributed by atoms with Gasteiger partial charge in [0.15, 0.2) is 0 Å². The summed E-state index contributed by atoms with van der Waals surface area (Å²) in [5.41, 5.74) is 5.68. The molecule has 2 fully saturated rings. The minimum absolute atomic E-state index is 0.107. The molecule has 0 aromatic rings. The van der Waals surface area contributed by atoms with Crippen molar-refractivity contribution in [2.45, 2.75) is 32.6 Å². The van der Waals surface area contributed by atoms with E-state index in [9.17, 15) is 9.59 Å². The third-order valence-corrected chi connectivity index (χ3v) is 4.57. The molecule has 5 heteroatoms. The highest BCUT2D eigenvalue weighted by atomic mass is 16.2. The smallest absolute Gasteiger partial charge is 0.225 e. The third kappa shape index (κ3) is 3.47. The topological polar surface area (TPSA) is 66.6 Å². The Balaban J connectivity index is 1.80. The van der Waals surface area contributed by atoms with E-state index in [2.05, 4.69) is 0 Å². The molecule has 0 unspecified atom stereocenters. The molecule has 0 radical (unpaired) electrons. The molecule has 1 aliphatic carbocycles. The molecule has 0 bridgehead atoms. The van der Waals surface area contributed by atoms with E-state index in [4.69, 9.17) is 5.73 Å². The number of nitrogens with zero attached hydrogens (tertiary/aromatic N) is 2. The van der Waals surface area contributed by atoms with Gasteiger partial charge in [-0.1, -0.05) is 0 Å². The van der Waals surface area contributed by atoms with Crippen LogP contribution in [0.3, 0.4) is 0 Å². The van der Waals surface area contributed by atoms with Crippen molar-refractivity contribution < 1.29 is 9.59 Å². The lowest BCUT2D eigenvalue weighted by atomic mass is 9.81. The Morgan fingerprint density at radius 3 is 2.00 bits per heavy atom. The minimum Gasteiger partial charge on any atom is -0.339 e. The van der Waals surface area contributed by atoms with Gasteiger partial charge in [-0.25, -0.2) is 0 Å². The Morgan fingerprint density at radius 1 is 1.00 bits per heavy atom. The Hall–Kier alpha value is -1.10. The maximum atomic E-state index is 12.4. The van der Waals surface area contributed by atoms with Gasteiger partial charge in [0.25, 0.3) is 0 Å². The second kappa shape index (κ2) is 6.37. The van der Waals surface area contributed by atoms with Crippen LogP contribution in [0.2, 0.25) is 0 Å². The average molecular weight is 267 g/mol. The predicted octanol–water partition coefficient (Wildman–Crippen LogP) is 0.442. The van der Waals surface area contributed by atoms with Crippen molar-refractivity contribution in [3.05, 3.63) is 0 Å². The largest absolute Gasteiger partial charge is 0.339 e. The quantitative estimate of drug-likeness (QED) is 0.789. The molecule has 5 nitrogen and oxygen atoms in total. The maximum absolute atomic E-state index is 12.4. The van der Waals surface area contributed by atoms with Gasteiger partial charge in [0.1, 0.15) is 0 Å². The predicted molar refractivity (Wildman–Crippen MR) is 73.3 cm³/mol. The highest BCUT2D eigenvalue weighted by molar-refractivity contribution is 5.79. The number of nitrogens with two attached hydrogens (primary N) is 1. The monoisotopic (exact) mass is 267 g/mol. The first-order chi connectivity index (χ1) is 9.11. The standard InChI is InChI=1S/C14H25N3O2/c1-11(18)16-6-8-17(9-7-16)14(19)13-4-2-12(10-15)3-5-13/h12-13H,2-10,15H2,1H3. The Morgan fingerprint density at radius 2 is 1.53 bits per heavy atom. The van der Waals surface area contributed by atoms with E-state index in [0.717, 1.165) is 32.2 Å². The number of carbonyl (C=O) groups is 2. The molecule has 2 amide bonds. The SMILES string of the molecule is CC(=O)N1CCN(C(=O)C2CCC(CN)CC2)CC1. The van der Waals surface area contributed by atoms with E-state index in [1.54, 1.807) is 6.92 Å². The van der Waals surface area contributed by atoms with Gasteiger partial charge < -0.3 is 15.5 Å². The zero-order chi connectivity index (χ0) is 13.8. The van der Waals surface area contributed by atoms with Crippen LogP contribution in [0.25, 0.3) is 0 Å². The van der Waals surface area contributed by atoms with Gasteiger partial charge in [0.2, 0.25) is 11.8 Å². The van der Waals surface area contributed by atoms with Crippen molar-refractivity contribution in [3.8, 4) is 0 Å². The summed E-state index contributed by atoms with van der Waals surface area (Å²) < 4.78 is 0. The molecule has 0 aromatic heterocycles. The van der Waals surface area contributed by atoms with Crippen molar-refractivity contribution in [2.24, 2.45) is 17.6 Å². The molecule has 2 N–H and O–H groups in total. The lowest BCUT2D eigenvalue weighted by Crippen LogP contribution is -2.51. The van der Waals surface area contributed by atoms with E-state index in [0.29, 0.717) is 38.0 Å². The first-order valence-electron chi connectivity index (χ1n) is 7.36. The lowest BCUT2D eigenvalue weighted by Gasteiger charge is -2.37. The Labute approximate surface area is 115 Å². The van der Waals surface area contributed by atoms with Gasteiger partial charge in [-0.2, -0.15) is 0 Å². The van der Waals surface area contributed by atoms with Gasteiger partial charge in [-0.15, -0.1) is 0 Å². The number of rotatable bonds is 2. The summed E-state index contributed by atoms with van der Waals surface area (Å²) in [5, 5.41) is 0. The number of amides is 2. The highest BCUT2D eigenvalue weighted by Gasteiger charge is 2.30. The maximum Gasteiger partial charge on any atom is 0.225 e. The molecular weight excluding hydrogens is 242 g/mol. The van der Waals surface area contributed by atoms with Crippen molar-refractivity contribution in [1.29, 1.82) is 0 Å². The van der Waals surface area contributed by atoms with Crippen LogP contribution in [-0.4, -0.2) is 54.3 Å². The molecule has 1 saturated heterocycles. The van der Waals surface area contributed by atoms with Crippen LogP contribution in [0, 0.1) is 11.8 Å². The van der Waals surface area contributed by atoms with E-state index in [1.807, 2.05) is 9.80 Å². The van der Waals surface area contributed by atoms with Crippen molar-refractivity contribution >= 4 is 11.8 Å². The normalized spacial score (nSPS) is 28.3. The first-order valence-corrected chi connectivity index (χ1v) is 7.36. The summed E-state index contributed by atoms with van der Waals surface area (Å²) in [5.74, 6) is 1.19. The molecular formula is C14H25N3O2. The van der Waals surface area contributed by atoms with Crippen molar-refractivity contribution in [3.63, 3.8) is 0 Å². The summed E-state index contributed by atoms with van der Waals surface area (Å²) >= 11 is 0. The molecule has 0 aromatic carbocycles. The number of hydrogen-bond donors (Lipinski definition) is 1. The molecule has 0 atom stereocenters. The van der Waals surface area contributed by atoms with E-state index in [-0.39, 0.29) is 11.8 Å². The highest BCUT2D eigenvalue weighted by Crippen LogP contribution is 2.29. The number of carbonyl (C=O) groups excluding carboxylic acids is 2.